The number of nitrogens with two attached hydrogens (primary N) is 1. The highest BCUT2D eigenvalue weighted by atomic mass is 16.5. The van der Waals surface area contributed by atoms with Crippen molar-refractivity contribution in [2.24, 2.45) is 11.7 Å². The molecular weight excluding hydrogens is 360 g/mol. The van der Waals surface area contributed by atoms with E-state index in [4.69, 9.17) is 15.7 Å². The summed E-state index contributed by atoms with van der Waals surface area (Å²) in [4.78, 5) is 27.6. The van der Waals surface area contributed by atoms with E-state index in [0.717, 1.165) is 12.8 Å². The average Bonchev–Trinajstić information content (AvgIpc) is 3.52. The first kappa shape index (κ1) is 19.4. The number of aromatic nitrogens is 1. The third-order valence-electron chi connectivity index (χ3n) is 4.17. The molecule has 0 saturated heterocycles. The summed E-state index contributed by atoms with van der Waals surface area (Å²) in [5, 5.41) is 12.1. The van der Waals surface area contributed by atoms with Crippen LogP contribution in [-0.2, 0) is 4.79 Å². The third-order valence-corrected chi connectivity index (χ3v) is 4.17. The number of amides is 2. The standard InChI is InChI=1S/C20H22N4O4/c1-2-3-15(10-18(21)23-19(25)12-4-5-12)28-16-6-7-17-13(9-16)8-14(11-22-17)20(26)24-27/h3,6-12,27H,2,4-5,21H2,1H3,(H,23,25)(H,24,26)/b15-3+,18-10+. The molecule has 0 aliphatic heterocycles. The van der Waals surface area contributed by atoms with Crippen LogP contribution in [0.1, 0.15) is 36.5 Å². The quantitative estimate of drug-likeness (QED) is 0.252. The van der Waals surface area contributed by atoms with E-state index in [1.165, 1.54) is 6.20 Å². The van der Waals surface area contributed by atoms with Crippen molar-refractivity contribution in [3.8, 4) is 5.75 Å². The maximum Gasteiger partial charge on any atom is 0.276 e. The zero-order chi connectivity index (χ0) is 20.1. The summed E-state index contributed by atoms with van der Waals surface area (Å²) in [6.45, 7) is 1.96. The van der Waals surface area contributed by atoms with Gasteiger partial charge in [-0.2, -0.15) is 0 Å². The van der Waals surface area contributed by atoms with Gasteiger partial charge in [0, 0.05) is 23.6 Å². The van der Waals surface area contributed by atoms with Gasteiger partial charge in [0.05, 0.1) is 11.1 Å². The van der Waals surface area contributed by atoms with Gasteiger partial charge < -0.3 is 15.8 Å². The lowest BCUT2D eigenvalue weighted by Gasteiger charge is -2.10. The van der Waals surface area contributed by atoms with Crippen LogP contribution in [0.3, 0.4) is 0 Å². The maximum atomic E-state index is 11.8. The molecule has 8 heteroatoms. The van der Waals surface area contributed by atoms with E-state index >= 15 is 0 Å². The smallest absolute Gasteiger partial charge is 0.276 e. The number of carbonyl (C=O) groups excluding carboxylic acids is 2. The zero-order valence-corrected chi connectivity index (χ0v) is 15.4. The number of ether oxygens (including phenoxy) is 1. The number of hydrogen-bond donors (Lipinski definition) is 4. The molecule has 28 heavy (non-hydrogen) atoms. The number of carbonyl (C=O) groups is 2. The lowest BCUT2D eigenvalue weighted by Crippen LogP contribution is -2.28. The van der Waals surface area contributed by atoms with E-state index in [1.54, 1.807) is 35.8 Å². The maximum absolute atomic E-state index is 11.8. The van der Waals surface area contributed by atoms with Gasteiger partial charge >= 0.3 is 0 Å². The summed E-state index contributed by atoms with van der Waals surface area (Å²) in [6.07, 6.45) is 7.30. The lowest BCUT2D eigenvalue weighted by molar-refractivity contribution is -0.121. The van der Waals surface area contributed by atoms with Gasteiger partial charge in [-0.25, -0.2) is 5.48 Å². The predicted molar refractivity (Wildman–Crippen MR) is 103 cm³/mol. The van der Waals surface area contributed by atoms with E-state index < -0.39 is 5.91 Å². The molecule has 1 aliphatic rings. The molecule has 0 bridgehead atoms. The van der Waals surface area contributed by atoms with Crippen molar-refractivity contribution in [3.05, 3.63) is 59.8 Å². The number of benzene rings is 1. The second kappa shape index (κ2) is 8.53. The first-order valence-electron chi connectivity index (χ1n) is 9.00. The zero-order valence-electron chi connectivity index (χ0n) is 15.4. The highest BCUT2D eigenvalue weighted by Crippen LogP contribution is 2.29. The molecule has 0 spiro atoms. The van der Waals surface area contributed by atoms with Crippen LogP contribution in [-0.4, -0.2) is 22.0 Å². The molecule has 1 fully saturated rings. The fourth-order valence-corrected chi connectivity index (χ4v) is 2.61. The van der Waals surface area contributed by atoms with Crippen LogP contribution in [0.4, 0.5) is 0 Å². The number of hydrogen-bond acceptors (Lipinski definition) is 6. The Labute approximate surface area is 162 Å². The lowest BCUT2D eigenvalue weighted by atomic mass is 10.1. The largest absolute Gasteiger partial charge is 0.458 e. The van der Waals surface area contributed by atoms with E-state index in [0.29, 0.717) is 28.8 Å². The summed E-state index contributed by atoms with van der Waals surface area (Å²) in [6, 6.07) is 6.84. The summed E-state index contributed by atoms with van der Waals surface area (Å²) in [7, 11) is 0. The molecule has 1 heterocycles. The Balaban J connectivity index is 1.80. The number of allylic oxidation sites excluding steroid dienone is 2. The molecule has 0 unspecified atom stereocenters. The van der Waals surface area contributed by atoms with Crippen molar-refractivity contribution in [1.82, 2.24) is 15.8 Å². The summed E-state index contributed by atoms with van der Waals surface area (Å²) in [5.41, 5.74) is 8.40. The Morgan fingerprint density at radius 2 is 2.14 bits per heavy atom. The van der Waals surface area contributed by atoms with Crippen molar-refractivity contribution < 1.29 is 19.5 Å². The minimum Gasteiger partial charge on any atom is -0.458 e. The second-order valence-corrected chi connectivity index (χ2v) is 6.50. The topological polar surface area (TPSA) is 127 Å². The summed E-state index contributed by atoms with van der Waals surface area (Å²) < 4.78 is 5.89. The van der Waals surface area contributed by atoms with Crippen LogP contribution in [0.15, 0.2) is 54.2 Å². The normalized spacial score (nSPS) is 14.6. The van der Waals surface area contributed by atoms with E-state index in [-0.39, 0.29) is 23.2 Å². The summed E-state index contributed by atoms with van der Waals surface area (Å²) >= 11 is 0. The molecule has 8 nitrogen and oxygen atoms in total. The Kier molecular flexibility index (Phi) is 5.90. The fourth-order valence-electron chi connectivity index (χ4n) is 2.61. The van der Waals surface area contributed by atoms with Crippen LogP contribution in [0, 0.1) is 5.92 Å². The first-order valence-corrected chi connectivity index (χ1v) is 9.00. The molecule has 0 atom stereocenters. The number of nitrogens with one attached hydrogen (secondary N) is 2. The molecule has 2 amide bonds. The van der Waals surface area contributed by atoms with Crippen LogP contribution in [0.5, 0.6) is 5.75 Å². The molecule has 146 valence electrons. The Bertz CT molecular complexity index is 964. The van der Waals surface area contributed by atoms with Crippen LogP contribution >= 0.6 is 0 Å². The van der Waals surface area contributed by atoms with Gasteiger partial charge in [-0.1, -0.05) is 6.92 Å². The van der Waals surface area contributed by atoms with Crippen molar-refractivity contribution in [2.45, 2.75) is 26.2 Å². The number of rotatable bonds is 7. The molecule has 1 aliphatic carbocycles. The SMILES string of the molecule is CC/C=C(\C=C(/N)NC(=O)C1CC1)Oc1ccc2ncc(C(=O)NO)cc2c1. The van der Waals surface area contributed by atoms with Gasteiger partial charge in [-0.3, -0.25) is 19.8 Å². The van der Waals surface area contributed by atoms with Crippen LogP contribution < -0.4 is 21.3 Å². The number of hydroxylamine groups is 1. The molecule has 5 N–H and O–H groups in total. The van der Waals surface area contributed by atoms with E-state index in [1.807, 2.05) is 13.0 Å². The van der Waals surface area contributed by atoms with Gasteiger partial charge in [0.2, 0.25) is 5.91 Å². The molecule has 1 saturated carbocycles. The Morgan fingerprint density at radius 3 is 2.82 bits per heavy atom. The fraction of sp³-hybridized carbons (Fsp3) is 0.250. The molecular formula is C20H22N4O4. The van der Waals surface area contributed by atoms with Crippen molar-refractivity contribution >= 4 is 22.7 Å². The highest BCUT2D eigenvalue weighted by Gasteiger charge is 2.29. The molecule has 3 rings (SSSR count). The molecule has 1 aromatic heterocycles. The van der Waals surface area contributed by atoms with Gasteiger partial charge in [0.15, 0.2) is 0 Å². The van der Waals surface area contributed by atoms with Gasteiger partial charge in [0.1, 0.15) is 17.3 Å². The van der Waals surface area contributed by atoms with Crippen molar-refractivity contribution in [2.75, 3.05) is 0 Å². The Morgan fingerprint density at radius 1 is 1.36 bits per heavy atom. The van der Waals surface area contributed by atoms with Crippen molar-refractivity contribution in [3.63, 3.8) is 0 Å². The molecule has 2 aromatic rings. The molecule has 0 radical (unpaired) electrons. The minimum atomic E-state index is -0.644. The van der Waals surface area contributed by atoms with Crippen molar-refractivity contribution in [1.29, 1.82) is 0 Å². The van der Waals surface area contributed by atoms with Gasteiger partial charge in [-0.05, 0) is 49.6 Å². The van der Waals surface area contributed by atoms with Gasteiger partial charge in [0.25, 0.3) is 5.91 Å². The molecule has 1 aromatic carbocycles. The second-order valence-electron chi connectivity index (χ2n) is 6.50. The predicted octanol–water partition coefficient (Wildman–Crippen LogP) is 2.35. The Hall–Kier alpha value is -3.39. The number of nitrogens with zero attached hydrogens (tertiary/aromatic N) is 1. The van der Waals surface area contributed by atoms with Crippen LogP contribution in [0.2, 0.25) is 0 Å². The van der Waals surface area contributed by atoms with Gasteiger partial charge in [-0.15, -0.1) is 0 Å². The third kappa shape index (κ3) is 4.86. The van der Waals surface area contributed by atoms with Crippen LogP contribution in [0.25, 0.3) is 10.9 Å². The summed E-state index contributed by atoms with van der Waals surface area (Å²) in [5.74, 6) is 0.581. The van der Waals surface area contributed by atoms with E-state index in [2.05, 4.69) is 10.3 Å². The number of pyridine rings is 1. The average molecular weight is 382 g/mol. The van der Waals surface area contributed by atoms with E-state index in [9.17, 15) is 9.59 Å². The monoisotopic (exact) mass is 382 g/mol. The minimum absolute atomic E-state index is 0.0600. The highest BCUT2D eigenvalue weighted by molar-refractivity contribution is 5.96. The first-order chi connectivity index (χ1) is 13.5. The number of fused-ring (bicyclic) bond motifs is 1.